The van der Waals surface area contributed by atoms with Gasteiger partial charge in [-0.05, 0) is 103 Å². The zero-order valence-corrected chi connectivity index (χ0v) is 24.9. The number of carbonyl (C=O) groups excluding carboxylic acids is 1. The van der Waals surface area contributed by atoms with Crippen molar-refractivity contribution in [3.63, 3.8) is 0 Å². The van der Waals surface area contributed by atoms with E-state index < -0.39 is 6.09 Å². The van der Waals surface area contributed by atoms with Gasteiger partial charge in [-0.15, -0.1) is 11.3 Å². The van der Waals surface area contributed by atoms with Crippen LogP contribution in [0.5, 0.6) is 11.5 Å². The third-order valence-corrected chi connectivity index (χ3v) is 8.44. The number of fused-ring (bicyclic) bond motifs is 1. The second-order valence-corrected chi connectivity index (χ2v) is 12.0. The van der Waals surface area contributed by atoms with Crippen molar-refractivity contribution in [1.82, 2.24) is 10.2 Å². The van der Waals surface area contributed by atoms with Gasteiger partial charge in [0.25, 0.3) is 0 Å². The summed E-state index contributed by atoms with van der Waals surface area (Å²) in [5, 5.41) is 4.02. The fourth-order valence-electron chi connectivity index (χ4n) is 5.03. The number of likely N-dealkylation sites (tertiary alicyclic amines) is 1. The largest absolute Gasteiger partial charge is 0.492 e. The van der Waals surface area contributed by atoms with E-state index >= 15 is 0 Å². The van der Waals surface area contributed by atoms with Gasteiger partial charge in [-0.3, -0.25) is 4.90 Å². The van der Waals surface area contributed by atoms with Crippen LogP contribution in [0.4, 0.5) is 4.79 Å². The molecule has 0 atom stereocenters. The number of amides is 1. The zero-order valence-electron chi connectivity index (χ0n) is 24.1. The second kappa shape index (κ2) is 14.4. The van der Waals surface area contributed by atoms with Crippen molar-refractivity contribution in [3.8, 4) is 21.9 Å². The SMILES string of the molecule is CC(C)COC(=O)NCCOc1ccc(-c2sc3ccccc3c2Cc2ccc(OCCN3CCCC3)cc2)cc1. The fraction of sp³-hybridized carbons (Fsp3) is 0.382. The molecule has 1 saturated heterocycles. The average Bonchev–Trinajstić information content (AvgIpc) is 3.64. The lowest BCUT2D eigenvalue weighted by Gasteiger charge is -2.15. The minimum absolute atomic E-state index is 0.312. The molecule has 216 valence electrons. The molecule has 0 spiro atoms. The highest BCUT2D eigenvalue weighted by molar-refractivity contribution is 7.22. The Kier molecular flexibility index (Phi) is 10.2. The van der Waals surface area contributed by atoms with Gasteiger partial charge in [0.2, 0.25) is 0 Å². The average molecular weight is 573 g/mol. The van der Waals surface area contributed by atoms with Gasteiger partial charge in [-0.1, -0.05) is 44.2 Å². The van der Waals surface area contributed by atoms with E-state index in [4.69, 9.17) is 14.2 Å². The first-order valence-electron chi connectivity index (χ1n) is 14.6. The minimum atomic E-state index is -0.408. The van der Waals surface area contributed by atoms with E-state index in [1.54, 1.807) is 0 Å². The van der Waals surface area contributed by atoms with E-state index in [9.17, 15) is 4.79 Å². The zero-order chi connectivity index (χ0) is 28.4. The Labute approximate surface area is 247 Å². The summed E-state index contributed by atoms with van der Waals surface area (Å²) >= 11 is 1.83. The number of benzene rings is 3. The summed E-state index contributed by atoms with van der Waals surface area (Å²) in [5.41, 5.74) is 3.78. The number of alkyl carbamates (subject to hydrolysis) is 1. The summed E-state index contributed by atoms with van der Waals surface area (Å²) in [6, 6.07) is 25.4. The van der Waals surface area contributed by atoms with Gasteiger partial charge in [0.1, 0.15) is 24.7 Å². The Hall–Kier alpha value is -3.55. The van der Waals surface area contributed by atoms with Crippen molar-refractivity contribution in [3.05, 3.63) is 83.9 Å². The van der Waals surface area contributed by atoms with Crippen LogP contribution in [0.1, 0.15) is 37.8 Å². The maximum Gasteiger partial charge on any atom is 0.407 e. The molecule has 41 heavy (non-hydrogen) atoms. The van der Waals surface area contributed by atoms with Crippen LogP contribution in [0.15, 0.2) is 72.8 Å². The molecule has 0 bridgehead atoms. The van der Waals surface area contributed by atoms with Crippen LogP contribution >= 0.6 is 11.3 Å². The van der Waals surface area contributed by atoms with Gasteiger partial charge in [-0.25, -0.2) is 4.79 Å². The van der Waals surface area contributed by atoms with E-state index in [0.717, 1.165) is 31.1 Å². The van der Waals surface area contributed by atoms with Crippen molar-refractivity contribution >= 4 is 27.5 Å². The molecule has 5 rings (SSSR count). The predicted octanol–water partition coefficient (Wildman–Crippen LogP) is 7.39. The molecule has 7 heteroatoms. The van der Waals surface area contributed by atoms with Crippen molar-refractivity contribution in [2.24, 2.45) is 5.92 Å². The molecular formula is C34H40N2O4S. The smallest absolute Gasteiger partial charge is 0.407 e. The topological polar surface area (TPSA) is 60.0 Å². The van der Waals surface area contributed by atoms with Crippen LogP contribution in [0.3, 0.4) is 0 Å². The second-order valence-electron chi connectivity index (χ2n) is 10.9. The standard InChI is InChI=1S/C34H40N2O4S/c1-25(2)24-40-34(37)35-17-21-38-29-15-11-27(12-16-29)33-31(30-7-3-4-8-32(30)41-33)23-26-9-13-28(14-10-26)39-22-20-36-18-5-6-19-36/h3-4,7-16,25H,5-6,17-24H2,1-2H3,(H,35,37). The third-order valence-electron chi connectivity index (χ3n) is 7.18. The summed E-state index contributed by atoms with van der Waals surface area (Å²) in [6.45, 7) is 9.32. The molecule has 3 aromatic carbocycles. The van der Waals surface area contributed by atoms with Gasteiger partial charge in [0.05, 0.1) is 13.2 Å². The number of carbonyl (C=O) groups is 1. The van der Waals surface area contributed by atoms with Crippen molar-refractivity contribution in [2.45, 2.75) is 33.1 Å². The monoisotopic (exact) mass is 572 g/mol. The number of rotatable bonds is 13. The van der Waals surface area contributed by atoms with E-state index in [0.29, 0.717) is 25.7 Å². The van der Waals surface area contributed by atoms with Gasteiger partial charge in [-0.2, -0.15) is 0 Å². The first kappa shape index (κ1) is 29.0. The maximum atomic E-state index is 11.7. The van der Waals surface area contributed by atoms with E-state index in [1.165, 1.54) is 57.6 Å². The summed E-state index contributed by atoms with van der Waals surface area (Å²) in [6.07, 6.45) is 3.06. The molecular weight excluding hydrogens is 532 g/mol. The van der Waals surface area contributed by atoms with Crippen LogP contribution in [-0.2, 0) is 11.2 Å². The third kappa shape index (κ3) is 8.24. The molecule has 0 radical (unpaired) electrons. The molecule has 0 unspecified atom stereocenters. The van der Waals surface area contributed by atoms with Crippen LogP contribution < -0.4 is 14.8 Å². The predicted molar refractivity (Wildman–Crippen MR) is 167 cm³/mol. The minimum Gasteiger partial charge on any atom is -0.492 e. The molecule has 1 aliphatic rings. The number of nitrogens with zero attached hydrogens (tertiary/aromatic N) is 1. The summed E-state index contributed by atoms with van der Waals surface area (Å²) < 4.78 is 18.3. The highest BCUT2D eigenvalue weighted by atomic mass is 32.1. The summed E-state index contributed by atoms with van der Waals surface area (Å²) in [5.74, 6) is 2.02. The van der Waals surface area contributed by atoms with Crippen LogP contribution in [0.2, 0.25) is 0 Å². The lowest BCUT2D eigenvalue weighted by atomic mass is 9.99. The molecule has 1 aliphatic heterocycles. The van der Waals surface area contributed by atoms with Gasteiger partial charge in [0, 0.05) is 16.1 Å². The Balaban J connectivity index is 1.20. The number of nitrogens with one attached hydrogen (secondary N) is 1. The van der Waals surface area contributed by atoms with E-state index in [2.05, 4.69) is 70.9 Å². The Morgan fingerprint density at radius 2 is 1.59 bits per heavy atom. The van der Waals surface area contributed by atoms with Gasteiger partial charge < -0.3 is 19.5 Å². The normalized spacial score (nSPS) is 13.5. The van der Waals surface area contributed by atoms with E-state index in [1.807, 2.05) is 37.3 Å². The molecule has 6 nitrogen and oxygen atoms in total. The summed E-state index contributed by atoms with van der Waals surface area (Å²) in [7, 11) is 0. The van der Waals surface area contributed by atoms with E-state index in [-0.39, 0.29) is 0 Å². The molecule has 0 aliphatic carbocycles. The van der Waals surface area contributed by atoms with Gasteiger partial charge >= 0.3 is 6.09 Å². The van der Waals surface area contributed by atoms with Crippen LogP contribution in [0.25, 0.3) is 20.5 Å². The highest BCUT2D eigenvalue weighted by Crippen LogP contribution is 2.40. The first-order chi connectivity index (χ1) is 20.0. The molecule has 4 aromatic rings. The Morgan fingerprint density at radius 1 is 0.902 bits per heavy atom. The quantitative estimate of drug-likeness (QED) is 0.169. The lowest BCUT2D eigenvalue weighted by molar-refractivity contribution is 0.131. The molecule has 0 saturated carbocycles. The maximum absolute atomic E-state index is 11.7. The van der Waals surface area contributed by atoms with Crippen LogP contribution in [0, 0.1) is 5.92 Å². The van der Waals surface area contributed by atoms with Crippen molar-refractivity contribution in [1.29, 1.82) is 0 Å². The lowest BCUT2D eigenvalue weighted by Crippen LogP contribution is -2.29. The number of thiophene rings is 1. The number of ether oxygens (including phenoxy) is 3. The van der Waals surface area contributed by atoms with Crippen LogP contribution in [-0.4, -0.2) is 57.0 Å². The number of hydrogen-bond donors (Lipinski definition) is 1. The van der Waals surface area contributed by atoms with Crippen molar-refractivity contribution in [2.75, 3.05) is 46.0 Å². The van der Waals surface area contributed by atoms with Gasteiger partial charge in [0.15, 0.2) is 0 Å². The Bertz CT molecular complexity index is 1390. The highest BCUT2D eigenvalue weighted by Gasteiger charge is 2.15. The molecule has 2 heterocycles. The molecule has 1 amide bonds. The molecule has 1 fully saturated rings. The molecule has 1 aromatic heterocycles. The first-order valence-corrected chi connectivity index (χ1v) is 15.4. The molecule has 1 N–H and O–H groups in total. The van der Waals surface area contributed by atoms with Crippen molar-refractivity contribution < 1.29 is 19.0 Å². The fourth-order valence-corrected chi connectivity index (χ4v) is 6.26. The Morgan fingerprint density at radius 3 is 2.32 bits per heavy atom. The number of hydrogen-bond acceptors (Lipinski definition) is 6. The summed E-state index contributed by atoms with van der Waals surface area (Å²) in [4.78, 5) is 15.5.